The molecule has 156 valence electrons. The van der Waals surface area contributed by atoms with E-state index in [0.717, 1.165) is 25.1 Å². The van der Waals surface area contributed by atoms with Gasteiger partial charge in [-0.1, -0.05) is 58.1 Å². The summed E-state index contributed by atoms with van der Waals surface area (Å²) in [5.74, 6) is 0.529. The number of hydrogen-bond donors (Lipinski definition) is 0. The molecule has 0 saturated carbocycles. The van der Waals surface area contributed by atoms with Crippen LogP contribution in [0.3, 0.4) is 0 Å². The van der Waals surface area contributed by atoms with Gasteiger partial charge >= 0.3 is 0 Å². The van der Waals surface area contributed by atoms with Gasteiger partial charge in [0.2, 0.25) is 0 Å². The summed E-state index contributed by atoms with van der Waals surface area (Å²) in [6, 6.07) is 9.35. The van der Waals surface area contributed by atoms with Gasteiger partial charge < -0.3 is 9.64 Å². The molecule has 1 aromatic rings. The maximum atomic E-state index is 11.4. The highest BCUT2D eigenvalue weighted by atomic mass is 16.5. The van der Waals surface area contributed by atoms with E-state index in [4.69, 9.17) is 10.00 Å². The van der Waals surface area contributed by atoms with E-state index in [-0.39, 0.29) is 6.04 Å². The number of hydrogen-bond acceptors (Lipinski definition) is 5. The molecule has 5 nitrogen and oxygen atoms in total. The Morgan fingerprint density at radius 1 is 1.07 bits per heavy atom. The summed E-state index contributed by atoms with van der Waals surface area (Å²) >= 11 is 0. The van der Waals surface area contributed by atoms with Gasteiger partial charge in [0.05, 0.1) is 18.2 Å². The Balaban J connectivity index is 2.72. The van der Waals surface area contributed by atoms with Gasteiger partial charge in [0.15, 0.2) is 0 Å². The van der Waals surface area contributed by atoms with Crippen molar-refractivity contribution in [3.8, 4) is 6.07 Å². The molecule has 0 amide bonds. The van der Waals surface area contributed by atoms with Gasteiger partial charge in [-0.05, 0) is 43.0 Å². The molecule has 0 aliphatic rings. The van der Waals surface area contributed by atoms with Crippen molar-refractivity contribution in [2.75, 3.05) is 31.2 Å². The average Bonchev–Trinajstić information content (AvgIpc) is 2.72. The number of rotatable bonds is 16. The molecule has 0 aromatic heterocycles. The van der Waals surface area contributed by atoms with Crippen molar-refractivity contribution in [1.29, 1.82) is 5.26 Å². The van der Waals surface area contributed by atoms with Crippen LogP contribution in [-0.2, 0) is 4.74 Å². The quantitative estimate of drug-likeness (QED) is 0.261. The zero-order valence-electron chi connectivity index (χ0n) is 17.9. The Bertz CT molecular complexity index is 568. The highest BCUT2D eigenvalue weighted by molar-refractivity contribution is 5.50. The molecule has 0 fully saturated rings. The third-order valence-corrected chi connectivity index (χ3v) is 4.98. The summed E-state index contributed by atoms with van der Waals surface area (Å²) in [4.78, 5) is 13.6. The van der Waals surface area contributed by atoms with Gasteiger partial charge in [-0.3, -0.25) is 0 Å². The summed E-state index contributed by atoms with van der Waals surface area (Å²) in [6.45, 7) is 9.07. The van der Waals surface area contributed by atoms with Gasteiger partial charge in [0.25, 0.3) is 0 Å². The van der Waals surface area contributed by atoms with Crippen LogP contribution in [0, 0.1) is 22.2 Å². The molecule has 0 bridgehead atoms. The first kappa shape index (κ1) is 24.1. The van der Waals surface area contributed by atoms with Crippen molar-refractivity contribution < 1.29 is 4.74 Å². The number of unbranched alkanes of at least 4 members (excludes halogenated alkanes) is 4. The molecule has 2 atom stereocenters. The highest BCUT2D eigenvalue weighted by Gasteiger charge is 2.18. The van der Waals surface area contributed by atoms with Crippen LogP contribution in [0.1, 0.15) is 71.3 Å². The van der Waals surface area contributed by atoms with Crippen LogP contribution in [-0.4, -0.2) is 32.3 Å². The number of nitrogens with zero attached hydrogens (tertiary/aromatic N) is 3. The van der Waals surface area contributed by atoms with Crippen LogP contribution in [0.5, 0.6) is 0 Å². The molecule has 1 aromatic carbocycles. The number of nitroso groups, excluding NO2 is 1. The van der Waals surface area contributed by atoms with E-state index in [2.05, 4.69) is 36.9 Å². The van der Waals surface area contributed by atoms with Crippen molar-refractivity contribution in [3.63, 3.8) is 0 Å². The minimum atomic E-state index is -0.389. The topological polar surface area (TPSA) is 65.7 Å². The minimum absolute atomic E-state index is 0.362. The van der Waals surface area contributed by atoms with Gasteiger partial charge in [-0.25, -0.2) is 0 Å². The van der Waals surface area contributed by atoms with E-state index in [1.807, 2.05) is 24.3 Å². The fourth-order valence-electron chi connectivity index (χ4n) is 3.26. The molecule has 1 rings (SSSR count). The maximum Gasteiger partial charge on any atom is 0.133 e. The molecule has 0 heterocycles. The molecule has 0 aliphatic carbocycles. The number of ether oxygens (including phenoxy) is 1. The Hall–Kier alpha value is -1.93. The highest BCUT2D eigenvalue weighted by Crippen LogP contribution is 2.20. The smallest absolute Gasteiger partial charge is 0.133 e. The zero-order chi connectivity index (χ0) is 20.6. The van der Waals surface area contributed by atoms with Crippen LogP contribution in [0.25, 0.3) is 0 Å². The molecule has 2 unspecified atom stereocenters. The summed E-state index contributed by atoms with van der Waals surface area (Å²) in [5, 5.41) is 12.4. The van der Waals surface area contributed by atoms with E-state index >= 15 is 0 Å². The Morgan fingerprint density at radius 2 is 1.79 bits per heavy atom. The van der Waals surface area contributed by atoms with Crippen molar-refractivity contribution in [2.24, 2.45) is 11.1 Å². The van der Waals surface area contributed by atoms with Crippen LogP contribution >= 0.6 is 0 Å². The van der Waals surface area contributed by atoms with Crippen molar-refractivity contribution >= 4 is 5.69 Å². The lowest BCUT2D eigenvalue weighted by molar-refractivity contribution is 0.119. The molecule has 0 aliphatic heterocycles. The second kappa shape index (κ2) is 15.0. The van der Waals surface area contributed by atoms with E-state index in [1.54, 1.807) is 0 Å². The molecular formula is C23H37N3O2. The Morgan fingerprint density at radius 3 is 2.39 bits per heavy atom. The zero-order valence-corrected chi connectivity index (χ0v) is 17.9. The van der Waals surface area contributed by atoms with E-state index in [1.165, 1.54) is 32.1 Å². The monoisotopic (exact) mass is 387 g/mol. The van der Waals surface area contributed by atoms with Gasteiger partial charge in [-0.2, -0.15) is 10.2 Å². The SMILES string of the molecule is CCCCCCC(C)CN(CC(COCCCC)N=O)c1ccc(C#N)cc1. The number of anilines is 1. The predicted molar refractivity (Wildman–Crippen MR) is 117 cm³/mol. The normalized spacial score (nSPS) is 12.9. The molecule has 28 heavy (non-hydrogen) atoms. The third kappa shape index (κ3) is 9.85. The lowest BCUT2D eigenvalue weighted by Gasteiger charge is -2.29. The molecule has 5 heteroatoms. The first-order valence-electron chi connectivity index (χ1n) is 10.8. The van der Waals surface area contributed by atoms with Crippen LogP contribution in [0.4, 0.5) is 5.69 Å². The van der Waals surface area contributed by atoms with Gasteiger partial charge in [-0.15, -0.1) is 0 Å². The van der Waals surface area contributed by atoms with Crippen molar-refractivity contribution in [1.82, 2.24) is 0 Å². The van der Waals surface area contributed by atoms with E-state index < -0.39 is 0 Å². The average molecular weight is 388 g/mol. The number of benzene rings is 1. The molecule has 0 saturated heterocycles. The van der Waals surface area contributed by atoms with E-state index in [0.29, 0.717) is 31.2 Å². The van der Waals surface area contributed by atoms with Crippen LogP contribution in [0.15, 0.2) is 29.4 Å². The lowest BCUT2D eigenvalue weighted by Crippen LogP contribution is -2.37. The van der Waals surface area contributed by atoms with E-state index in [9.17, 15) is 4.91 Å². The van der Waals surface area contributed by atoms with Crippen LogP contribution < -0.4 is 4.90 Å². The maximum absolute atomic E-state index is 11.4. The molecule has 0 radical (unpaired) electrons. The standard InChI is InChI=1S/C23H37N3O2/c1-4-6-8-9-10-20(3)17-26(23-13-11-21(16-24)12-14-23)18-22(25-27)19-28-15-7-5-2/h11-14,20,22H,4-10,15,17-19H2,1-3H3. The summed E-state index contributed by atoms with van der Waals surface area (Å²) in [5.41, 5.74) is 1.67. The first-order valence-corrected chi connectivity index (χ1v) is 10.8. The largest absolute Gasteiger partial charge is 0.379 e. The fourth-order valence-corrected chi connectivity index (χ4v) is 3.26. The minimum Gasteiger partial charge on any atom is -0.379 e. The Kier molecular flexibility index (Phi) is 13.0. The van der Waals surface area contributed by atoms with Crippen molar-refractivity contribution in [3.05, 3.63) is 34.7 Å². The number of nitriles is 1. The van der Waals surface area contributed by atoms with Crippen molar-refractivity contribution in [2.45, 2.75) is 71.8 Å². The van der Waals surface area contributed by atoms with Gasteiger partial charge in [0, 0.05) is 25.4 Å². The summed E-state index contributed by atoms with van der Waals surface area (Å²) in [6.07, 6.45) is 8.31. The fraction of sp³-hybridized carbons (Fsp3) is 0.696. The molecule has 0 N–H and O–H groups in total. The third-order valence-electron chi connectivity index (χ3n) is 4.98. The molecule has 0 spiro atoms. The summed E-state index contributed by atoms with van der Waals surface area (Å²) < 4.78 is 5.63. The Labute approximate surface area is 171 Å². The lowest BCUT2D eigenvalue weighted by atomic mass is 10.0. The predicted octanol–water partition coefficient (Wildman–Crippen LogP) is 5.92. The summed E-state index contributed by atoms with van der Waals surface area (Å²) in [7, 11) is 0. The first-order chi connectivity index (χ1) is 13.6. The second-order valence-electron chi connectivity index (χ2n) is 7.71. The van der Waals surface area contributed by atoms with Gasteiger partial charge in [0.1, 0.15) is 6.04 Å². The molecular weight excluding hydrogens is 350 g/mol. The van der Waals surface area contributed by atoms with Crippen LogP contribution in [0.2, 0.25) is 0 Å². The second-order valence-corrected chi connectivity index (χ2v) is 7.71.